The largest absolute Gasteiger partial charge is 0.445 e. The summed E-state index contributed by atoms with van der Waals surface area (Å²) in [6.07, 6.45) is -2.56. The fraction of sp³-hybridized carbons (Fsp3) is 0.0455. The summed E-state index contributed by atoms with van der Waals surface area (Å²) in [5, 5.41) is 0.882. The third-order valence-electron chi connectivity index (χ3n) is 8.87. The molecule has 2 atom stereocenters. The summed E-state index contributed by atoms with van der Waals surface area (Å²) in [4.78, 5) is 81.9. The number of ketones is 2. The number of halogens is 2. The first-order chi connectivity index (χ1) is 26.6. The standard InChI is InChI=1S/C44H27Cl2NO8/c45-32-18-11-26(12-19-32)37(48)39(28-7-3-1-4-8-28)54-43(52)30-15-22-34(23-16-30)47-41(50)35-24-17-31(25-36(35)42(47)51)44(53)55-40(29-9-5-2-6-10-29)38(49)27-13-20-33(46)21-14-27/h1-25,39-40H/t39-,40+/m0/s1. The maximum absolute atomic E-state index is 13.6. The number of carbonyl (C=O) groups is 6. The first-order valence-corrected chi connectivity index (χ1v) is 17.6. The first-order valence-electron chi connectivity index (χ1n) is 16.8. The molecule has 0 saturated heterocycles. The van der Waals surface area contributed by atoms with Crippen LogP contribution in [-0.4, -0.2) is 35.3 Å². The van der Waals surface area contributed by atoms with Crippen LogP contribution in [0.15, 0.2) is 152 Å². The monoisotopic (exact) mass is 767 g/mol. The van der Waals surface area contributed by atoms with E-state index in [9.17, 15) is 28.8 Å². The van der Waals surface area contributed by atoms with E-state index in [1.54, 1.807) is 97.1 Å². The zero-order valence-corrected chi connectivity index (χ0v) is 30.1. The average molecular weight is 769 g/mol. The van der Waals surface area contributed by atoms with E-state index < -0.39 is 47.5 Å². The maximum atomic E-state index is 13.6. The highest BCUT2D eigenvalue weighted by Gasteiger charge is 2.38. The topological polar surface area (TPSA) is 124 Å². The summed E-state index contributed by atoms with van der Waals surface area (Å²) in [5.74, 6) is -3.98. The normalized spacial score (nSPS) is 13.1. The number of Topliss-reactive ketones (excluding diaryl/α,β-unsaturated/α-hetero) is 2. The molecule has 9 nitrogen and oxygen atoms in total. The predicted molar refractivity (Wildman–Crippen MR) is 205 cm³/mol. The van der Waals surface area contributed by atoms with E-state index in [-0.39, 0.29) is 33.5 Å². The van der Waals surface area contributed by atoms with E-state index in [2.05, 4.69) is 0 Å². The summed E-state index contributed by atoms with van der Waals surface area (Å²) < 4.78 is 11.5. The number of imide groups is 1. The van der Waals surface area contributed by atoms with Crippen molar-refractivity contribution in [3.63, 3.8) is 0 Å². The van der Waals surface area contributed by atoms with Crippen LogP contribution in [0.1, 0.15) is 85.5 Å². The van der Waals surface area contributed by atoms with Gasteiger partial charge in [-0.1, -0.05) is 83.9 Å². The number of ether oxygens (including phenoxy) is 2. The molecule has 0 fully saturated rings. The van der Waals surface area contributed by atoms with Crippen molar-refractivity contribution < 1.29 is 38.2 Å². The Labute approximate surface area is 324 Å². The Hall–Kier alpha value is -6.68. The number of fused-ring (bicyclic) bond motifs is 1. The fourth-order valence-electron chi connectivity index (χ4n) is 6.03. The van der Waals surface area contributed by atoms with E-state index in [1.807, 2.05) is 0 Å². The lowest BCUT2D eigenvalue weighted by molar-refractivity contribution is 0.0278. The zero-order valence-electron chi connectivity index (χ0n) is 28.6. The van der Waals surface area contributed by atoms with Crippen LogP contribution in [0.3, 0.4) is 0 Å². The van der Waals surface area contributed by atoms with Gasteiger partial charge in [0.2, 0.25) is 11.6 Å². The van der Waals surface area contributed by atoms with Crippen LogP contribution in [0.25, 0.3) is 0 Å². The lowest BCUT2D eigenvalue weighted by Gasteiger charge is -2.18. The highest BCUT2D eigenvalue weighted by molar-refractivity contribution is 6.35. The lowest BCUT2D eigenvalue weighted by Crippen LogP contribution is -2.29. The SMILES string of the molecule is O=C(O[C@H](C(=O)c1ccc(Cl)cc1)c1ccccc1)c1ccc(N2C(=O)c3ccc(C(=O)O[C@@H](C(=O)c4ccc(Cl)cc4)c4ccccc4)cc3C2=O)cc1. The number of anilines is 1. The van der Waals surface area contributed by atoms with Crippen LogP contribution in [-0.2, 0) is 9.47 Å². The van der Waals surface area contributed by atoms with E-state index in [0.717, 1.165) is 4.90 Å². The quantitative estimate of drug-likeness (QED) is 0.0726. The molecule has 0 aromatic heterocycles. The molecule has 0 bridgehead atoms. The van der Waals surface area contributed by atoms with Crippen molar-refractivity contribution in [2.24, 2.45) is 0 Å². The van der Waals surface area contributed by atoms with Crippen molar-refractivity contribution in [2.45, 2.75) is 12.2 Å². The molecule has 11 heteroatoms. The second-order valence-electron chi connectivity index (χ2n) is 12.4. The molecular formula is C44H27Cl2NO8. The van der Waals surface area contributed by atoms with Crippen molar-refractivity contribution >= 4 is 64.2 Å². The molecule has 1 aliphatic rings. The van der Waals surface area contributed by atoms with Gasteiger partial charge < -0.3 is 9.47 Å². The number of hydrogen-bond donors (Lipinski definition) is 0. The molecule has 1 heterocycles. The van der Waals surface area contributed by atoms with E-state index in [1.165, 1.54) is 54.6 Å². The Morgan fingerprint density at radius 2 is 0.855 bits per heavy atom. The van der Waals surface area contributed by atoms with Crippen molar-refractivity contribution in [3.05, 3.63) is 206 Å². The van der Waals surface area contributed by atoms with E-state index in [0.29, 0.717) is 26.7 Å². The molecule has 55 heavy (non-hydrogen) atoms. The van der Waals surface area contributed by atoms with Crippen LogP contribution in [0.5, 0.6) is 0 Å². The smallest absolute Gasteiger partial charge is 0.339 e. The van der Waals surface area contributed by atoms with Gasteiger partial charge >= 0.3 is 11.9 Å². The molecule has 6 aromatic carbocycles. The van der Waals surface area contributed by atoms with Crippen LogP contribution >= 0.6 is 23.2 Å². The van der Waals surface area contributed by atoms with Gasteiger partial charge in [0.15, 0.2) is 12.2 Å². The molecule has 2 amide bonds. The summed E-state index contributed by atoms with van der Waals surface area (Å²) in [6, 6.07) is 38.9. The van der Waals surface area contributed by atoms with Crippen molar-refractivity contribution in [2.75, 3.05) is 4.90 Å². The minimum Gasteiger partial charge on any atom is -0.445 e. The van der Waals surface area contributed by atoms with Gasteiger partial charge in [-0.15, -0.1) is 0 Å². The van der Waals surface area contributed by atoms with Crippen LogP contribution in [0, 0.1) is 0 Å². The molecule has 0 radical (unpaired) electrons. The van der Waals surface area contributed by atoms with Gasteiger partial charge in [0, 0.05) is 32.3 Å². The Kier molecular flexibility index (Phi) is 10.5. The highest BCUT2D eigenvalue weighted by Crippen LogP contribution is 2.32. The first kappa shape index (κ1) is 36.7. The molecular weight excluding hydrogens is 741 g/mol. The number of amides is 2. The van der Waals surface area contributed by atoms with Gasteiger partial charge in [0.05, 0.1) is 27.9 Å². The Balaban J connectivity index is 1.08. The van der Waals surface area contributed by atoms with Gasteiger partial charge in [-0.05, 0) is 91.0 Å². The van der Waals surface area contributed by atoms with Gasteiger partial charge in [0.1, 0.15) is 0 Å². The van der Waals surface area contributed by atoms with E-state index >= 15 is 0 Å². The molecule has 0 saturated carbocycles. The molecule has 0 unspecified atom stereocenters. The van der Waals surface area contributed by atoms with Gasteiger partial charge in [0.25, 0.3) is 11.8 Å². The number of rotatable bonds is 11. The molecule has 0 spiro atoms. The third kappa shape index (κ3) is 7.70. The summed E-state index contributed by atoms with van der Waals surface area (Å²) >= 11 is 12.0. The second kappa shape index (κ2) is 15.7. The average Bonchev–Trinajstić information content (AvgIpc) is 3.47. The number of carbonyl (C=O) groups excluding carboxylic acids is 6. The van der Waals surface area contributed by atoms with Crippen molar-refractivity contribution in [1.29, 1.82) is 0 Å². The molecule has 1 aliphatic heterocycles. The Bertz CT molecular complexity index is 2450. The number of nitrogens with zero attached hydrogens (tertiary/aromatic N) is 1. The van der Waals surface area contributed by atoms with Crippen LogP contribution in [0.2, 0.25) is 10.0 Å². The number of hydrogen-bond acceptors (Lipinski definition) is 8. The zero-order chi connectivity index (χ0) is 38.6. The van der Waals surface area contributed by atoms with Crippen LogP contribution in [0.4, 0.5) is 5.69 Å². The molecule has 6 aromatic rings. The predicted octanol–water partition coefficient (Wildman–Crippen LogP) is 9.36. The summed E-state index contributed by atoms with van der Waals surface area (Å²) in [7, 11) is 0. The van der Waals surface area contributed by atoms with Gasteiger partial charge in [-0.25, -0.2) is 14.5 Å². The minimum atomic E-state index is -1.30. The lowest BCUT2D eigenvalue weighted by atomic mass is 9.99. The third-order valence-corrected chi connectivity index (χ3v) is 9.38. The second-order valence-corrected chi connectivity index (χ2v) is 13.3. The van der Waals surface area contributed by atoms with Crippen LogP contribution < -0.4 is 4.90 Å². The maximum Gasteiger partial charge on any atom is 0.339 e. The Morgan fingerprint density at radius 3 is 1.33 bits per heavy atom. The fourth-order valence-corrected chi connectivity index (χ4v) is 6.28. The van der Waals surface area contributed by atoms with Gasteiger partial charge in [-0.2, -0.15) is 0 Å². The highest BCUT2D eigenvalue weighted by atomic mass is 35.5. The molecule has 7 rings (SSSR count). The van der Waals surface area contributed by atoms with E-state index in [4.69, 9.17) is 32.7 Å². The van der Waals surface area contributed by atoms with Crippen molar-refractivity contribution in [3.8, 4) is 0 Å². The van der Waals surface area contributed by atoms with Crippen molar-refractivity contribution in [1.82, 2.24) is 0 Å². The minimum absolute atomic E-state index is 0.0466. The number of esters is 2. The molecule has 270 valence electrons. The molecule has 0 aliphatic carbocycles. The molecule has 0 N–H and O–H groups in total. The number of benzene rings is 6. The summed E-state index contributed by atoms with van der Waals surface area (Å²) in [5.41, 5.74) is 1.64. The van der Waals surface area contributed by atoms with Gasteiger partial charge in [-0.3, -0.25) is 19.2 Å². The Morgan fingerprint density at radius 1 is 0.455 bits per heavy atom. The summed E-state index contributed by atoms with van der Waals surface area (Å²) in [6.45, 7) is 0.